The van der Waals surface area contributed by atoms with E-state index in [0.29, 0.717) is 5.56 Å². The van der Waals surface area contributed by atoms with Crippen LogP contribution in [0.25, 0.3) is 0 Å². The highest BCUT2D eigenvalue weighted by atomic mass is 31.2. The first kappa shape index (κ1) is 32.7. The number of ether oxygens (including phenoxy) is 3. The fourth-order valence-electron chi connectivity index (χ4n) is 6.09. The Bertz CT molecular complexity index is 1540. The molecule has 0 amide bonds. The first-order valence-electron chi connectivity index (χ1n) is 14.9. The highest BCUT2D eigenvalue weighted by molar-refractivity contribution is 7.54. The van der Waals surface area contributed by atoms with Gasteiger partial charge in [-0.15, -0.1) is 0 Å². The SMILES string of the molecule is CCOP(=O)(OCC)[C@@H]1O[C@@H]2[C@H](O1)[C@@H](CO[Si](c1ccccc1)(c1ccccc1)C(C)(C)C)O[C@H]2n1cc(C)c(=O)[nH]c1=O. The van der Waals surface area contributed by atoms with E-state index in [0.717, 1.165) is 10.4 Å². The Kier molecular flexibility index (Phi) is 9.65. The van der Waals surface area contributed by atoms with E-state index in [1.165, 1.54) is 10.8 Å². The molecule has 11 nitrogen and oxygen atoms in total. The summed E-state index contributed by atoms with van der Waals surface area (Å²) in [5, 5.41) is 1.89. The smallest absolute Gasteiger partial charge is 0.386 e. The molecule has 5 atom stereocenters. The van der Waals surface area contributed by atoms with Gasteiger partial charge in [-0.2, -0.15) is 0 Å². The Morgan fingerprint density at radius 1 is 0.886 bits per heavy atom. The molecule has 3 aromatic rings. The molecule has 13 heteroatoms. The molecule has 5 rings (SSSR count). The lowest BCUT2D eigenvalue weighted by Gasteiger charge is -2.43. The van der Waals surface area contributed by atoms with Crippen LogP contribution in [0.1, 0.15) is 46.4 Å². The Morgan fingerprint density at radius 3 is 1.95 bits per heavy atom. The zero-order valence-electron chi connectivity index (χ0n) is 25.9. The van der Waals surface area contributed by atoms with Crippen molar-refractivity contribution in [1.29, 1.82) is 0 Å². The minimum atomic E-state index is -3.85. The van der Waals surface area contributed by atoms with E-state index in [1.54, 1.807) is 20.8 Å². The summed E-state index contributed by atoms with van der Waals surface area (Å²) in [7, 11) is -6.81. The molecular weight excluding hydrogens is 603 g/mol. The standard InChI is InChI=1S/C31H41N2O9PSi/c1-7-37-43(36,38-8-2)30-41-25-24(40-28(26(25)42-30)33-19-21(3)27(34)32-29(33)35)20-39-44(31(4,5)6,22-15-11-9-12-16-22)23-17-13-10-14-18-23/h9-19,24-26,28,30H,7-8,20H2,1-6H3,(H,32,34,35)/t24-,25-,26-,28-,30+/m1/s1. The van der Waals surface area contributed by atoms with Crippen LogP contribution in [0.5, 0.6) is 0 Å². The second-order valence-corrected chi connectivity index (χ2v) is 18.2. The third kappa shape index (κ3) is 5.98. The number of rotatable bonds is 11. The van der Waals surface area contributed by atoms with Crippen LogP contribution in [0.4, 0.5) is 0 Å². The molecule has 44 heavy (non-hydrogen) atoms. The Hall–Kier alpha value is -2.67. The van der Waals surface area contributed by atoms with E-state index in [4.69, 9.17) is 27.7 Å². The molecule has 1 N–H and O–H groups in total. The number of hydrogen-bond donors (Lipinski definition) is 1. The van der Waals surface area contributed by atoms with Crippen molar-refractivity contribution >= 4 is 26.3 Å². The van der Waals surface area contributed by atoms with Crippen molar-refractivity contribution in [3.8, 4) is 0 Å². The van der Waals surface area contributed by atoms with Gasteiger partial charge >= 0.3 is 13.3 Å². The zero-order chi connectivity index (χ0) is 31.7. The first-order chi connectivity index (χ1) is 20.9. The topological polar surface area (TPSA) is 127 Å². The van der Waals surface area contributed by atoms with Gasteiger partial charge in [0, 0.05) is 11.8 Å². The van der Waals surface area contributed by atoms with Gasteiger partial charge in [0.25, 0.3) is 19.9 Å². The second kappa shape index (κ2) is 13.0. The molecule has 0 unspecified atom stereocenters. The highest BCUT2D eigenvalue weighted by Crippen LogP contribution is 2.58. The van der Waals surface area contributed by atoms with E-state index >= 15 is 0 Å². The third-order valence-corrected chi connectivity index (χ3v) is 15.0. The lowest BCUT2D eigenvalue weighted by atomic mass is 10.1. The average Bonchev–Trinajstić information content (AvgIpc) is 3.57. The zero-order valence-corrected chi connectivity index (χ0v) is 27.8. The lowest BCUT2D eigenvalue weighted by molar-refractivity contribution is -0.130. The van der Waals surface area contributed by atoms with Crippen molar-refractivity contribution in [3.63, 3.8) is 0 Å². The fraction of sp³-hybridized carbons (Fsp3) is 0.484. The fourth-order valence-corrected chi connectivity index (χ4v) is 12.3. The number of H-pyrrole nitrogens is 1. The van der Waals surface area contributed by atoms with E-state index in [2.05, 4.69) is 50.0 Å². The predicted molar refractivity (Wildman–Crippen MR) is 168 cm³/mol. The number of aromatic amines is 1. The maximum absolute atomic E-state index is 13.7. The number of aryl methyl sites for hydroxylation is 1. The van der Waals surface area contributed by atoms with Crippen LogP contribution < -0.4 is 21.6 Å². The van der Waals surface area contributed by atoms with E-state index in [-0.39, 0.29) is 24.9 Å². The summed E-state index contributed by atoms with van der Waals surface area (Å²) in [4.78, 5) is 27.5. The van der Waals surface area contributed by atoms with Gasteiger partial charge in [0.2, 0.25) is 0 Å². The van der Waals surface area contributed by atoms with Crippen molar-refractivity contribution in [2.75, 3.05) is 19.8 Å². The summed E-state index contributed by atoms with van der Waals surface area (Å²) < 4.78 is 52.1. The minimum absolute atomic E-state index is 0.0890. The van der Waals surface area contributed by atoms with Gasteiger partial charge in [-0.3, -0.25) is 18.9 Å². The van der Waals surface area contributed by atoms with Gasteiger partial charge in [0.15, 0.2) is 6.23 Å². The molecule has 1 aromatic heterocycles. The second-order valence-electron chi connectivity index (χ2n) is 11.9. The summed E-state index contributed by atoms with van der Waals surface area (Å²) in [5.74, 6) is 0. The Morgan fingerprint density at radius 2 is 1.43 bits per heavy atom. The number of nitrogens with one attached hydrogen (secondary N) is 1. The Labute approximate surface area is 258 Å². The van der Waals surface area contributed by atoms with Crippen LogP contribution in [-0.4, -0.2) is 62.0 Å². The van der Waals surface area contributed by atoms with Gasteiger partial charge in [-0.1, -0.05) is 81.4 Å². The number of aromatic nitrogens is 2. The van der Waals surface area contributed by atoms with Crippen molar-refractivity contribution in [2.45, 2.75) is 77.2 Å². The summed E-state index contributed by atoms with van der Waals surface area (Å²) in [6.45, 7) is 11.9. The molecule has 3 heterocycles. The summed E-state index contributed by atoms with van der Waals surface area (Å²) in [6.07, 6.45) is -1.96. The molecule has 0 saturated carbocycles. The summed E-state index contributed by atoms with van der Waals surface area (Å²) >= 11 is 0. The number of hydrogen-bond acceptors (Lipinski definition) is 9. The third-order valence-electron chi connectivity index (χ3n) is 8.01. The monoisotopic (exact) mass is 644 g/mol. The summed E-state index contributed by atoms with van der Waals surface area (Å²) in [6, 6.07) is 19.1. The molecular formula is C31H41N2O9PSi. The highest BCUT2D eigenvalue weighted by Gasteiger charge is 2.60. The molecule has 2 aliphatic heterocycles. The van der Waals surface area contributed by atoms with Gasteiger partial charge in [0.1, 0.15) is 18.3 Å². The van der Waals surface area contributed by atoms with Crippen molar-refractivity contribution < 1.29 is 32.2 Å². The first-order valence-corrected chi connectivity index (χ1v) is 18.4. The van der Waals surface area contributed by atoms with Gasteiger partial charge < -0.3 is 27.7 Å². The molecule has 0 aliphatic carbocycles. The number of benzene rings is 2. The maximum Gasteiger partial charge on any atom is 0.386 e. The molecule has 0 radical (unpaired) electrons. The van der Waals surface area contributed by atoms with Crippen LogP contribution in [0, 0.1) is 6.92 Å². The molecule has 2 fully saturated rings. The molecule has 2 aromatic carbocycles. The normalized spacial score (nSPS) is 24.0. The van der Waals surface area contributed by atoms with E-state index in [1.807, 2.05) is 36.4 Å². The van der Waals surface area contributed by atoms with Crippen molar-refractivity contribution in [2.24, 2.45) is 0 Å². The van der Waals surface area contributed by atoms with Crippen LogP contribution >= 0.6 is 7.60 Å². The number of fused-ring (bicyclic) bond motifs is 1. The van der Waals surface area contributed by atoms with E-state index in [9.17, 15) is 14.2 Å². The summed E-state index contributed by atoms with van der Waals surface area (Å²) in [5.41, 5.74) is -0.838. The van der Waals surface area contributed by atoms with Gasteiger partial charge in [0.05, 0.1) is 19.8 Å². The lowest BCUT2D eigenvalue weighted by Crippen LogP contribution is -2.67. The predicted octanol–water partition coefficient (Wildman–Crippen LogP) is 3.65. The minimum Gasteiger partial charge on any atom is -0.405 e. The molecule has 238 valence electrons. The van der Waals surface area contributed by atoms with E-state index < -0.39 is 57.7 Å². The van der Waals surface area contributed by atoms with Crippen molar-refractivity contribution in [1.82, 2.24) is 9.55 Å². The molecule has 0 bridgehead atoms. The molecule has 0 spiro atoms. The van der Waals surface area contributed by atoms with Crippen LogP contribution in [-0.2, 0) is 32.2 Å². The van der Waals surface area contributed by atoms with Crippen LogP contribution in [0.3, 0.4) is 0 Å². The molecule has 2 saturated heterocycles. The maximum atomic E-state index is 13.7. The average molecular weight is 645 g/mol. The van der Waals surface area contributed by atoms with Gasteiger partial charge in [-0.05, 0) is 36.2 Å². The van der Waals surface area contributed by atoms with Crippen LogP contribution in [0.2, 0.25) is 5.04 Å². The largest absolute Gasteiger partial charge is 0.405 e. The Balaban J connectivity index is 1.55. The number of nitrogens with zero attached hydrogens (tertiary/aromatic N) is 1. The van der Waals surface area contributed by atoms with Crippen LogP contribution in [0.15, 0.2) is 76.4 Å². The van der Waals surface area contributed by atoms with Gasteiger partial charge in [-0.25, -0.2) is 4.79 Å². The quantitative estimate of drug-likeness (QED) is 0.246. The molecule has 2 aliphatic rings. The van der Waals surface area contributed by atoms with Crippen molar-refractivity contribution in [3.05, 3.63) is 93.3 Å².